The summed E-state index contributed by atoms with van der Waals surface area (Å²) in [5.41, 5.74) is 1.19. The highest BCUT2D eigenvalue weighted by Crippen LogP contribution is 2.18. The Hall–Kier alpha value is -1.35. The summed E-state index contributed by atoms with van der Waals surface area (Å²) in [7, 11) is 4.05. The molecule has 0 aliphatic carbocycles. The predicted octanol–water partition coefficient (Wildman–Crippen LogP) is 2.64. The minimum atomic E-state index is -0.0222. The summed E-state index contributed by atoms with van der Waals surface area (Å²) < 4.78 is 0. The lowest BCUT2D eigenvalue weighted by Crippen LogP contribution is -2.48. The van der Waals surface area contributed by atoms with Crippen molar-refractivity contribution in [3.05, 3.63) is 35.9 Å². The highest BCUT2D eigenvalue weighted by Gasteiger charge is 2.21. The van der Waals surface area contributed by atoms with Crippen molar-refractivity contribution in [1.82, 2.24) is 10.2 Å². The molecule has 3 heteroatoms. The number of benzene rings is 1. The Kier molecular flexibility index (Phi) is 5.55. The van der Waals surface area contributed by atoms with E-state index in [-0.39, 0.29) is 17.4 Å². The van der Waals surface area contributed by atoms with Gasteiger partial charge in [-0.15, -0.1) is 0 Å². The van der Waals surface area contributed by atoms with Crippen LogP contribution in [-0.2, 0) is 4.79 Å². The van der Waals surface area contributed by atoms with Gasteiger partial charge in [0.1, 0.15) is 0 Å². The molecule has 1 N–H and O–H groups in total. The molecule has 1 amide bonds. The fourth-order valence-corrected chi connectivity index (χ4v) is 1.72. The van der Waals surface area contributed by atoms with Crippen molar-refractivity contribution in [2.24, 2.45) is 0 Å². The van der Waals surface area contributed by atoms with Gasteiger partial charge in [0.05, 0.1) is 0 Å². The number of nitrogens with one attached hydrogen (secondary N) is 1. The number of likely N-dealkylation sites (N-methyl/N-ethyl adjacent to an activating group) is 1. The van der Waals surface area contributed by atoms with E-state index in [1.165, 1.54) is 5.56 Å². The lowest BCUT2D eigenvalue weighted by atomic mass is 9.97. The quantitative estimate of drug-likeness (QED) is 0.855. The summed E-state index contributed by atoms with van der Waals surface area (Å²) >= 11 is 0. The van der Waals surface area contributed by atoms with Crippen molar-refractivity contribution >= 4 is 5.91 Å². The van der Waals surface area contributed by atoms with Gasteiger partial charge >= 0.3 is 0 Å². The van der Waals surface area contributed by atoms with E-state index in [0.29, 0.717) is 13.0 Å². The first-order valence-corrected chi connectivity index (χ1v) is 6.82. The lowest BCUT2D eigenvalue weighted by molar-refractivity contribution is -0.121. The topological polar surface area (TPSA) is 32.3 Å². The number of amides is 1. The molecule has 0 fully saturated rings. The smallest absolute Gasteiger partial charge is 0.220 e. The Balaban J connectivity index is 2.44. The molecule has 1 atom stereocenters. The van der Waals surface area contributed by atoms with Crippen LogP contribution >= 0.6 is 0 Å². The largest absolute Gasteiger partial charge is 0.354 e. The lowest BCUT2D eigenvalue weighted by Gasteiger charge is -2.32. The first-order valence-electron chi connectivity index (χ1n) is 6.82. The van der Waals surface area contributed by atoms with E-state index in [4.69, 9.17) is 0 Å². The van der Waals surface area contributed by atoms with Gasteiger partial charge in [-0.1, -0.05) is 37.3 Å². The highest BCUT2D eigenvalue weighted by molar-refractivity contribution is 5.76. The Bertz CT molecular complexity index is 398. The molecule has 0 heterocycles. The normalized spacial score (nSPS) is 13.4. The first-order chi connectivity index (χ1) is 8.83. The van der Waals surface area contributed by atoms with Gasteiger partial charge in [-0.3, -0.25) is 4.79 Å². The van der Waals surface area contributed by atoms with Crippen molar-refractivity contribution in [2.45, 2.75) is 38.6 Å². The van der Waals surface area contributed by atoms with Crippen molar-refractivity contribution in [1.29, 1.82) is 0 Å². The van der Waals surface area contributed by atoms with Crippen LogP contribution in [0.25, 0.3) is 0 Å². The predicted molar refractivity (Wildman–Crippen MR) is 80.2 cm³/mol. The Morgan fingerprint density at radius 2 is 1.84 bits per heavy atom. The van der Waals surface area contributed by atoms with Crippen LogP contribution in [0.3, 0.4) is 0 Å². The van der Waals surface area contributed by atoms with Crippen LogP contribution in [0, 0.1) is 0 Å². The highest BCUT2D eigenvalue weighted by atomic mass is 16.1. The summed E-state index contributed by atoms with van der Waals surface area (Å²) in [6, 6.07) is 10.2. The molecule has 0 aliphatic rings. The molecular weight excluding hydrogens is 236 g/mol. The van der Waals surface area contributed by atoms with Gasteiger partial charge in [0.15, 0.2) is 0 Å². The van der Waals surface area contributed by atoms with E-state index < -0.39 is 0 Å². The molecule has 1 aromatic carbocycles. The van der Waals surface area contributed by atoms with Gasteiger partial charge in [0.25, 0.3) is 0 Å². The van der Waals surface area contributed by atoms with Crippen molar-refractivity contribution in [3.8, 4) is 0 Å². The summed E-state index contributed by atoms with van der Waals surface area (Å²) in [5, 5.41) is 3.02. The molecule has 19 heavy (non-hydrogen) atoms. The van der Waals surface area contributed by atoms with Crippen LogP contribution in [0.4, 0.5) is 0 Å². The monoisotopic (exact) mass is 262 g/mol. The average Bonchev–Trinajstić information content (AvgIpc) is 2.37. The van der Waals surface area contributed by atoms with Crippen molar-refractivity contribution in [2.75, 3.05) is 20.6 Å². The molecule has 0 aromatic heterocycles. The molecule has 0 spiro atoms. The number of nitrogens with zero attached hydrogens (tertiary/aromatic N) is 1. The minimum absolute atomic E-state index is 0.0222. The third-order valence-electron chi connectivity index (χ3n) is 3.79. The van der Waals surface area contributed by atoms with E-state index in [0.717, 1.165) is 0 Å². The maximum Gasteiger partial charge on any atom is 0.220 e. The van der Waals surface area contributed by atoms with Crippen LogP contribution in [0.15, 0.2) is 30.3 Å². The summed E-state index contributed by atoms with van der Waals surface area (Å²) in [4.78, 5) is 14.1. The third-order valence-corrected chi connectivity index (χ3v) is 3.79. The fourth-order valence-electron chi connectivity index (χ4n) is 1.72. The SMILES string of the molecule is CC(CC(=O)NCC(C)(C)N(C)C)c1ccccc1. The van der Waals surface area contributed by atoms with Crippen molar-refractivity contribution in [3.63, 3.8) is 0 Å². The molecule has 0 radical (unpaired) electrons. The fraction of sp³-hybridized carbons (Fsp3) is 0.562. The number of carbonyl (C=O) groups is 1. The molecule has 0 aliphatic heterocycles. The number of rotatable bonds is 6. The zero-order valence-corrected chi connectivity index (χ0v) is 12.7. The van der Waals surface area contributed by atoms with Crippen LogP contribution in [0.5, 0.6) is 0 Å². The zero-order chi connectivity index (χ0) is 14.5. The van der Waals surface area contributed by atoms with Crippen LogP contribution in [0.2, 0.25) is 0 Å². The average molecular weight is 262 g/mol. The van der Waals surface area contributed by atoms with Crippen LogP contribution in [-0.4, -0.2) is 37.0 Å². The number of hydrogen-bond donors (Lipinski definition) is 1. The second-order valence-electron chi connectivity index (χ2n) is 6.00. The van der Waals surface area contributed by atoms with E-state index in [1.807, 2.05) is 32.3 Å². The molecule has 0 saturated carbocycles. The molecule has 3 nitrogen and oxygen atoms in total. The van der Waals surface area contributed by atoms with Gasteiger partial charge in [0.2, 0.25) is 5.91 Å². The minimum Gasteiger partial charge on any atom is -0.354 e. The molecule has 1 aromatic rings. The third kappa shape index (κ3) is 5.03. The molecule has 0 saturated heterocycles. The number of hydrogen-bond acceptors (Lipinski definition) is 2. The molecule has 1 rings (SSSR count). The Morgan fingerprint density at radius 3 is 2.37 bits per heavy atom. The van der Waals surface area contributed by atoms with E-state index >= 15 is 0 Å². The summed E-state index contributed by atoms with van der Waals surface area (Å²) in [6.07, 6.45) is 0.535. The maximum atomic E-state index is 12.0. The van der Waals surface area contributed by atoms with Crippen LogP contribution < -0.4 is 5.32 Å². The summed E-state index contributed by atoms with van der Waals surface area (Å²) in [6.45, 7) is 6.99. The standard InChI is InChI=1S/C16H26N2O/c1-13(14-9-7-6-8-10-14)11-15(19)17-12-16(2,3)18(4)5/h6-10,13H,11-12H2,1-5H3,(H,17,19). The van der Waals surface area contributed by atoms with E-state index in [2.05, 4.69) is 43.1 Å². The Morgan fingerprint density at radius 1 is 1.26 bits per heavy atom. The molecule has 0 bridgehead atoms. The molecule has 106 valence electrons. The number of carbonyl (C=O) groups excluding carboxylic acids is 1. The van der Waals surface area contributed by atoms with Gasteiger partial charge < -0.3 is 10.2 Å². The molecular formula is C16H26N2O. The van der Waals surface area contributed by atoms with Gasteiger partial charge in [-0.2, -0.15) is 0 Å². The zero-order valence-electron chi connectivity index (χ0n) is 12.7. The van der Waals surface area contributed by atoms with Crippen LogP contribution in [0.1, 0.15) is 38.7 Å². The van der Waals surface area contributed by atoms with E-state index in [1.54, 1.807) is 0 Å². The Labute approximate surface area is 117 Å². The second kappa shape index (κ2) is 6.71. The van der Waals surface area contributed by atoms with Gasteiger partial charge in [-0.05, 0) is 39.4 Å². The maximum absolute atomic E-state index is 12.0. The summed E-state index contributed by atoms with van der Waals surface area (Å²) in [5.74, 6) is 0.370. The van der Waals surface area contributed by atoms with Gasteiger partial charge in [0, 0.05) is 18.5 Å². The van der Waals surface area contributed by atoms with Crippen molar-refractivity contribution < 1.29 is 4.79 Å². The molecule has 1 unspecified atom stereocenters. The van der Waals surface area contributed by atoms with E-state index in [9.17, 15) is 4.79 Å². The first kappa shape index (κ1) is 15.7. The second-order valence-corrected chi connectivity index (χ2v) is 6.00. The van der Waals surface area contributed by atoms with Gasteiger partial charge in [-0.25, -0.2) is 0 Å².